The van der Waals surface area contributed by atoms with Crippen LogP contribution >= 0.6 is 0 Å². The molecule has 3 N–H and O–H groups in total. The van der Waals surface area contributed by atoms with E-state index in [-0.39, 0.29) is 11.7 Å². The van der Waals surface area contributed by atoms with Crippen LogP contribution in [0.1, 0.15) is 67.8 Å². The third-order valence-corrected chi connectivity index (χ3v) is 6.67. The minimum atomic E-state index is -0.316. The first kappa shape index (κ1) is 21.8. The van der Waals surface area contributed by atoms with Gasteiger partial charge in [0.15, 0.2) is 0 Å². The Labute approximate surface area is 185 Å². The Hall–Kier alpha value is -2.47. The number of fused-ring (bicyclic) bond motifs is 1. The summed E-state index contributed by atoms with van der Waals surface area (Å²) in [4.78, 5) is 24.0. The van der Waals surface area contributed by atoms with Crippen LogP contribution in [0.2, 0.25) is 0 Å². The molecule has 0 radical (unpaired) electrons. The Bertz CT molecular complexity index is 952. The molecule has 4 rings (SSSR count). The summed E-state index contributed by atoms with van der Waals surface area (Å²) in [6, 6.07) is 8.61. The number of nitrogens with one attached hydrogen (secondary N) is 1. The number of piperidine rings is 1. The highest BCUT2D eigenvalue weighted by Gasteiger charge is 2.25. The molecule has 2 fully saturated rings. The van der Waals surface area contributed by atoms with Crippen molar-refractivity contribution in [1.82, 2.24) is 10.3 Å². The van der Waals surface area contributed by atoms with Crippen molar-refractivity contribution in [1.29, 1.82) is 0 Å². The average Bonchev–Trinajstić information content (AvgIpc) is 2.77. The predicted octanol–water partition coefficient (Wildman–Crippen LogP) is 4.20. The lowest BCUT2D eigenvalue weighted by Crippen LogP contribution is -2.44. The van der Waals surface area contributed by atoms with Gasteiger partial charge in [0, 0.05) is 24.5 Å². The first-order chi connectivity index (χ1) is 15.0. The predicted molar refractivity (Wildman–Crippen MR) is 128 cm³/mol. The largest absolute Gasteiger partial charge is 0.387 e. The Balaban J connectivity index is 1.49. The minimum absolute atomic E-state index is 0.269. The normalized spacial score (nSPS) is 19.2. The van der Waals surface area contributed by atoms with Crippen LogP contribution in [-0.2, 0) is 0 Å². The fourth-order valence-corrected chi connectivity index (χ4v) is 4.92. The van der Waals surface area contributed by atoms with Crippen molar-refractivity contribution in [2.24, 2.45) is 16.6 Å². The summed E-state index contributed by atoms with van der Waals surface area (Å²) in [5.74, 6) is 1.53. The van der Waals surface area contributed by atoms with Gasteiger partial charge in [-0.15, -0.1) is 0 Å². The van der Waals surface area contributed by atoms with Crippen molar-refractivity contribution in [3.05, 3.63) is 35.4 Å². The highest BCUT2D eigenvalue weighted by Crippen LogP contribution is 2.28. The molecule has 0 atom stereocenters. The van der Waals surface area contributed by atoms with Gasteiger partial charge in [-0.25, -0.2) is 4.98 Å². The van der Waals surface area contributed by atoms with Gasteiger partial charge in [-0.1, -0.05) is 30.9 Å². The first-order valence-electron chi connectivity index (χ1n) is 11.7. The molecular weight excluding hydrogens is 386 g/mol. The smallest absolute Gasteiger partial charge is 0.282 e. The van der Waals surface area contributed by atoms with Gasteiger partial charge in [0.1, 0.15) is 11.7 Å². The highest BCUT2D eigenvalue weighted by molar-refractivity contribution is 6.07. The molecule has 166 valence electrons. The zero-order chi connectivity index (χ0) is 21.8. The second-order valence-corrected chi connectivity index (χ2v) is 9.29. The number of hydrogen-bond acceptors (Lipinski definition) is 4. The number of aryl methyl sites for hydroxylation is 1. The zero-order valence-electron chi connectivity index (χ0n) is 18.9. The minimum Gasteiger partial charge on any atom is -0.387 e. The molecule has 31 heavy (non-hydrogen) atoms. The van der Waals surface area contributed by atoms with E-state index in [9.17, 15) is 4.79 Å². The van der Waals surface area contributed by atoms with Crippen molar-refractivity contribution in [2.45, 2.75) is 64.8 Å². The second-order valence-electron chi connectivity index (χ2n) is 9.29. The van der Waals surface area contributed by atoms with Crippen molar-refractivity contribution >= 4 is 28.5 Å². The molecule has 2 aliphatic rings. The van der Waals surface area contributed by atoms with Gasteiger partial charge in [0.25, 0.3) is 5.91 Å². The molecule has 6 heteroatoms. The van der Waals surface area contributed by atoms with E-state index in [1.807, 2.05) is 19.1 Å². The maximum atomic E-state index is 12.8. The number of nitrogens with zero attached hydrogens (tertiary/aromatic N) is 3. The number of carbonyl (C=O) groups is 1. The van der Waals surface area contributed by atoms with E-state index in [1.165, 1.54) is 32.1 Å². The number of pyridine rings is 1. The fraction of sp³-hybridized carbons (Fsp3) is 0.560. The number of anilines is 1. The molecule has 1 saturated heterocycles. The topological polar surface area (TPSA) is 83.6 Å². The molecule has 1 saturated carbocycles. The summed E-state index contributed by atoms with van der Waals surface area (Å²) in [5, 5.41) is 4.77. The van der Waals surface area contributed by atoms with E-state index in [2.05, 4.69) is 27.3 Å². The molecule has 2 heterocycles. The molecule has 6 nitrogen and oxygen atoms in total. The van der Waals surface area contributed by atoms with E-state index in [4.69, 9.17) is 10.7 Å². The third kappa shape index (κ3) is 5.42. The standard InChI is InChI=1S/C25H35N5O/c1-17-8-9-23-20(14-17)15-22(25(31)28-18(2)26)24(29-23)30-12-10-21(11-13-30)27-16-19-6-4-3-5-7-19/h8-9,14-15,19,21,27H,3-7,10-13,16H2,1-2H3,(H2,26,28,31). The molecule has 1 aliphatic carbocycles. The molecule has 2 aromatic rings. The monoisotopic (exact) mass is 421 g/mol. The van der Waals surface area contributed by atoms with Gasteiger partial charge in [-0.05, 0) is 70.2 Å². The van der Waals surface area contributed by atoms with Crippen LogP contribution in [0.4, 0.5) is 5.82 Å². The van der Waals surface area contributed by atoms with E-state index in [0.29, 0.717) is 11.6 Å². The third-order valence-electron chi connectivity index (χ3n) is 6.67. The molecular formula is C25H35N5O. The molecule has 1 amide bonds. The lowest BCUT2D eigenvalue weighted by Gasteiger charge is -2.35. The summed E-state index contributed by atoms with van der Waals surface area (Å²) in [6.45, 7) is 6.60. The van der Waals surface area contributed by atoms with Crippen LogP contribution in [0.25, 0.3) is 10.9 Å². The van der Waals surface area contributed by atoms with Crippen molar-refractivity contribution in [3.63, 3.8) is 0 Å². The van der Waals surface area contributed by atoms with E-state index in [0.717, 1.165) is 60.7 Å². The van der Waals surface area contributed by atoms with Crippen LogP contribution in [0.3, 0.4) is 0 Å². The number of hydrogen-bond donors (Lipinski definition) is 2. The number of aromatic nitrogens is 1. The summed E-state index contributed by atoms with van der Waals surface area (Å²) in [7, 11) is 0. The van der Waals surface area contributed by atoms with Gasteiger partial charge in [0.2, 0.25) is 0 Å². The number of amides is 1. The Morgan fingerprint density at radius 3 is 2.61 bits per heavy atom. The first-order valence-corrected chi connectivity index (χ1v) is 11.7. The number of amidine groups is 1. The molecule has 1 aromatic heterocycles. The van der Waals surface area contributed by atoms with Gasteiger partial charge in [-0.3, -0.25) is 4.79 Å². The van der Waals surface area contributed by atoms with Crippen molar-refractivity contribution in [2.75, 3.05) is 24.5 Å². The van der Waals surface area contributed by atoms with Crippen molar-refractivity contribution in [3.8, 4) is 0 Å². The quantitative estimate of drug-likeness (QED) is 0.558. The number of benzene rings is 1. The van der Waals surface area contributed by atoms with E-state index < -0.39 is 0 Å². The van der Waals surface area contributed by atoms with Gasteiger partial charge < -0.3 is 16.0 Å². The maximum absolute atomic E-state index is 12.8. The highest BCUT2D eigenvalue weighted by atomic mass is 16.1. The van der Waals surface area contributed by atoms with Crippen LogP contribution in [0, 0.1) is 12.8 Å². The maximum Gasteiger partial charge on any atom is 0.282 e. The SMILES string of the molecule is CC(N)=NC(=O)c1cc2cc(C)ccc2nc1N1CCC(NCC2CCCCC2)CC1. The molecule has 1 aliphatic heterocycles. The van der Waals surface area contributed by atoms with Gasteiger partial charge in [0.05, 0.1) is 11.1 Å². The Morgan fingerprint density at radius 1 is 1.16 bits per heavy atom. The zero-order valence-corrected chi connectivity index (χ0v) is 18.9. The fourth-order valence-electron chi connectivity index (χ4n) is 4.92. The number of aliphatic imine (C=N–C) groups is 1. The number of nitrogens with two attached hydrogens (primary N) is 1. The lowest BCUT2D eigenvalue weighted by molar-refractivity contribution is 0.100. The van der Waals surface area contributed by atoms with Crippen LogP contribution in [0.5, 0.6) is 0 Å². The number of carbonyl (C=O) groups excluding carboxylic acids is 1. The van der Waals surface area contributed by atoms with Crippen molar-refractivity contribution < 1.29 is 4.79 Å². The van der Waals surface area contributed by atoms with Crippen LogP contribution in [-0.4, -0.2) is 42.4 Å². The summed E-state index contributed by atoms with van der Waals surface area (Å²) < 4.78 is 0. The van der Waals surface area contributed by atoms with Crippen LogP contribution < -0.4 is 16.0 Å². The summed E-state index contributed by atoms with van der Waals surface area (Å²) in [5.41, 5.74) is 8.28. The molecule has 0 unspecified atom stereocenters. The van der Waals surface area contributed by atoms with Gasteiger partial charge in [-0.2, -0.15) is 4.99 Å². The molecule has 1 aromatic carbocycles. The Kier molecular flexibility index (Phi) is 6.86. The Morgan fingerprint density at radius 2 is 1.90 bits per heavy atom. The second kappa shape index (κ2) is 9.77. The van der Waals surface area contributed by atoms with Gasteiger partial charge >= 0.3 is 0 Å². The molecule has 0 spiro atoms. The lowest BCUT2D eigenvalue weighted by atomic mass is 9.89. The van der Waals surface area contributed by atoms with E-state index >= 15 is 0 Å². The summed E-state index contributed by atoms with van der Waals surface area (Å²) in [6.07, 6.45) is 9.05. The molecule has 0 bridgehead atoms. The number of rotatable bonds is 5. The summed E-state index contributed by atoms with van der Waals surface area (Å²) >= 11 is 0. The average molecular weight is 422 g/mol. The van der Waals surface area contributed by atoms with Crippen LogP contribution in [0.15, 0.2) is 29.3 Å². The van der Waals surface area contributed by atoms with E-state index in [1.54, 1.807) is 6.92 Å².